The summed E-state index contributed by atoms with van der Waals surface area (Å²) >= 11 is 0. The number of aliphatic hydroxyl groups excluding tert-OH is 1. The second-order valence-corrected chi connectivity index (χ2v) is 12.2. The molecule has 0 fully saturated rings. The van der Waals surface area contributed by atoms with Crippen LogP contribution in [0.2, 0.25) is 0 Å². The Morgan fingerprint density at radius 2 is 1.12 bits per heavy atom. The molecule has 0 aliphatic carbocycles. The van der Waals surface area contributed by atoms with Gasteiger partial charge in [-0.25, -0.2) is 0 Å². The van der Waals surface area contributed by atoms with E-state index >= 15 is 0 Å². The van der Waals surface area contributed by atoms with Crippen LogP contribution < -0.4 is 5.32 Å². The number of unbranched alkanes of at least 4 members (excludes halogenated alkanes) is 13. The number of carbonyl (C=O) groups excluding carboxylic acids is 1. The average molecular weight is 582 g/mol. The van der Waals surface area contributed by atoms with Crippen LogP contribution in [0.3, 0.4) is 0 Å². The Bertz CT molecular complexity index is 817. The van der Waals surface area contributed by atoms with Crippen molar-refractivity contribution in [2.75, 3.05) is 5.75 Å². The first-order valence-corrected chi connectivity index (χ1v) is 17.4. The highest BCUT2D eigenvalue weighted by molar-refractivity contribution is 7.85. The lowest BCUT2D eigenvalue weighted by atomic mass is 10.1. The van der Waals surface area contributed by atoms with Crippen molar-refractivity contribution >= 4 is 16.0 Å². The minimum atomic E-state index is -4.35. The normalized spacial score (nSPS) is 14.2. The van der Waals surface area contributed by atoms with Crippen LogP contribution in [0.4, 0.5) is 0 Å². The summed E-state index contributed by atoms with van der Waals surface area (Å²) < 4.78 is 32.2. The number of amides is 1. The van der Waals surface area contributed by atoms with Crippen molar-refractivity contribution < 1.29 is 22.9 Å². The lowest BCUT2D eigenvalue weighted by Gasteiger charge is -2.21. The Labute approximate surface area is 246 Å². The van der Waals surface area contributed by atoms with Crippen molar-refractivity contribution in [2.24, 2.45) is 0 Å². The van der Waals surface area contributed by atoms with E-state index in [9.17, 15) is 22.9 Å². The molecule has 232 valence electrons. The lowest BCUT2D eigenvalue weighted by Crippen LogP contribution is -2.46. The third kappa shape index (κ3) is 27.9. The molecule has 0 spiro atoms. The SMILES string of the molecule is CCC/C=C/CC/C=C/CC/C=C/C(O)C(CS(=O)(=O)O)NC(=O)CCCCCCC/C=C\CCCCCCC. The predicted octanol–water partition coefficient (Wildman–Crippen LogP) is 8.40. The second-order valence-electron chi connectivity index (χ2n) is 10.7. The fraction of sp³-hybridized carbons (Fsp3) is 0.727. The fourth-order valence-electron chi connectivity index (χ4n) is 4.30. The molecule has 3 N–H and O–H groups in total. The van der Waals surface area contributed by atoms with E-state index in [0.717, 1.165) is 64.2 Å². The fourth-order valence-corrected chi connectivity index (χ4v) is 5.04. The maximum Gasteiger partial charge on any atom is 0.267 e. The van der Waals surface area contributed by atoms with Crippen LogP contribution in [0.5, 0.6) is 0 Å². The Morgan fingerprint density at radius 3 is 1.68 bits per heavy atom. The minimum Gasteiger partial charge on any atom is -0.387 e. The molecule has 0 aliphatic heterocycles. The van der Waals surface area contributed by atoms with Gasteiger partial charge in [-0.15, -0.1) is 0 Å². The highest BCUT2D eigenvalue weighted by Gasteiger charge is 2.24. The van der Waals surface area contributed by atoms with Crippen LogP contribution >= 0.6 is 0 Å². The number of nitrogens with one attached hydrogen (secondary N) is 1. The van der Waals surface area contributed by atoms with Gasteiger partial charge in [0.1, 0.15) is 0 Å². The molecular weight excluding hydrogens is 522 g/mol. The van der Waals surface area contributed by atoms with Crippen molar-refractivity contribution in [3.8, 4) is 0 Å². The number of allylic oxidation sites excluding steroid dienone is 7. The van der Waals surface area contributed by atoms with Crippen LogP contribution in [-0.4, -0.2) is 41.9 Å². The van der Waals surface area contributed by atoms with Crippen molar-refractivity contribution in [1.82, 2.24) is 5.32 Å². The van der Waals surface area contributed by atoms with Crippen LogP contribution in [0.25, 0.3) is 0 Å². The molecule has 0 aromatic heterocycles. The summed E-state index contributed by atoms with van der Waals surface area (Å²) in [6.45, 7) is 4.40. The first-order valence-electron chi connectivity index (χ1n) is 15.8. The van der Waals surface area contributed by atoms with Crippen molar-refractivity contribution in [3.05, 3.63) is 48.6 Å². The maximum atomic E-state index is 12.4. The molecule has 2 atom stereocenters. The van der Waals surface area contributed by atoms with Crippen molar-refractivity contribution in [2.45, 2.75) is 148 Å². The molecule has 7 heteroatoms. The van der Waals surface area contributed by atoms with Crippen molar-refractivity contribution in [3.63, 3.8) is 0 Å². The van der Waals surface area contributed by atoms with Crippen molar-refractivity contribution in [1.29, 1.82) is 0 Å². The van der Waals surface area contributed by atoms with E-state index in [1.54, 1.807) is 6.08 Å². The largest absolute Gasteiger partial charge is 0.387 e. The molecule has 0 aromatic rings. The molecule has 0 saturated carbocycles. The highest BCUT2D eigenvalue weighted by Crippen LogP contribution is 2.10. The summed E-state index contributed by atoms with van der Waals surface area (Å²) in [5.74, 6) is -1.03. The Kier molecular flexibility index (Phi) is 26.3. The zero-order chi connectivity index (χ0) is 29.7. The first-order chi connectivity index (χ1) is 19.3. The summed E-state index contributed by atoms with van der Waals surface area (Å²) in [5, 5.41) is 13.1. The molecule has 0 rings (SSSR count). The van der Waals surface area contributed by atoms with Gasteiger partial charge in [-0.2, -0.15) is 8.42 Å². The number of carbonyl (C=O) groups is 1. The van der Waals surface area contributed by atoms with Crippen LogP contribution in [-0.2, 0) is 14.9 Å². The van der Waals surface area contributed by atoms with E-state index in [1.165, 1.54) is 44.6 Å². The molecule has 6 nitrogen and oxygen atoms in total. The summed E-state index contributed by atoms with van der Waals surface area (Å²) in [6.07, 6.45) is 35.2. The molecule has 0 aliphatic rings. The Balaban J connectivity index is 4.16. The summed E-state index contributed by atoms with van der Waals surface area (Å²) in [7, 11) is -4.35. The first kappa shape index (κ1) is 38.3. The van der Waals surface area contributed by atoms with E-state index in [2.05, 4.69) is 55.6 Å². The lowest BCUT2D eigenvalue weighted by molar-refractivity contribution is -0.122. The zero-order valence-electron chi connectivity index (χ0n) is 25.4. The standard InChI is InChI=1S/C33H59NO5S/c1-3-5-7-9-11-13-15-16-17-19-21-23-25-27-29-33(36)34-31(30-40(37,38)39)32(35)28-26-24-22-20-18-14-12-10-8-6-4-2/h8,10,15-16,18,20,26,28,31-32,35H,3-7,9,11-14,17,19,21-25,27,29-30H2,1-2H3,(H,34,36)(H,37,38,39)/b10-8+,16-15-,20-18+,28-26+. The second kappa shape index (κ2) is 27.5. The van der Waals surface area contributed by atoms with Crippen LogP contribution in [0.1, 0.15) is 136 Å². The Hall–Kier alpha value is -1.70. The predicted molar refractivity (Wildman–Crippen MR) is 170 cm³/mol. The molecule has 0 bridgehead atoms. The van der Waals surface area contributed by atoms with Gasteiger partial charge in [0.2, 0.25) is 5.91 Å². The van der Waals surface area contributed by atoms with Gasteiger partial charge in [-0.05, 0) is 64.2 Å². The van der Waals surface area contributed by atoms with Crippen LogP contribution in [0, 0.1) is 0 Å². The smallest absolute Gasteiger partial charge is 0.267 e. The van der Waals surface area contributed by atoms with Gasteiger partial charge in [-0.3, -0.25) is 9.35 Å². The molecule has 2 unspecified atom stereocenters. The summed E-state index contributed by atoms with van der Waals surface area (Å²) in [6, 6.07) is -1.08. The van der Waals surface area contributed by atoms with Crippen LogP contribution in [0.15, 0.2) is 48.6 Å². The molecule has 0 aromatic carbocycles. The summed E-state index contributed by atoms with van der Waals surface area (Å²) in [4.78, 5) is 12.4. The molecule has 0 radical (unpaired) electrons. The van der Waals surface area contributed by atoms with Gasteiger partial charge in [0, 0.05) is 6.42 Å². The number of hydrogen-bond acceptors (Lipinski definition) is 4. The van der Waals surface area contributed by atoms with E-state index < -0.39 is 28.0 Å². The molecule has 0 heterocycles. The molecule has 1 amide bonds. The topological polar surface area (TPSA) is 104 Å². The van der Waals surface area contributed by atoms with Gasteiger partial charge >= 0.3 is 0 Å². The molecule has 0 saturated heterocycles. The van der Waals surface area contributed by atoms with E-state index in [1.807, 2.05) is 0 Å². The summed E-state index contributed by atoms with van der Waals surface area (Å²) in [5.41, 5.74) is 0. The van der Waals surface area contributed by atoms with E-state index in [0.29, 0.717) is 12.8 Å². The average Bonchev–Trinajstić information content (AvgIpc) is 2.90. The quantitative estimate of drug-likeness (QED) is 0.0513. The third-order valence-electron chi connectivity index (χ3n) is 6.69. The van der Waals surface area contributed by atoms with Gasteiger partial charge < -0.3 is 10.4 Å². The monoisotopic (exact) mass is 581 g/mol. The third-order valence-corrected chi connectivity index (χ3v) is 7.47. The van der Waals surface area contributed by atoms with Gasteiger partial charge in [0.15, 0.2) is 0 Å². The van der Waals surface area contributed by atoms with Gasteiger partial charge in [-0.1, -0.05) is 114 Å². The van der Waals surface area contributed by atoms with E-state index in [4.69, 9.17) is 0 Å². The highest BCUT2D eigenvalue weighted by atomic mass is 32.2. The maximum absolute atomic E-state index is 12.4. The van der Waals surface area contributed by atoms with E-state index in [-0.39, 0.29) is 12.3 Å². The number of rotatable bonds is 27. The molecular formula is C33H59NO5S. The van der Waals surface area contributed by atoms with Gasteiger partial charge in [0.25, 0.3) is 10.1 Å². The molecule has 40 heavy (non-hydrogen) atoms. The Morgan fingerprint density at radius 1 is 0.650 bits per heavy atom. The van der Waals surface area contributed by atoms with Gasteiger partial charge in [0.05, 0.1) is 17.9 Å². The zero-order valence-corrected chi connectivity index (χ0v) is 26.3. The minimum absolute atomic E-state index is 0.273. The number of aliphatic hydroxyl groups is 1. The number of hydrogen-bond donors (Lipinski definition) is 3.